The second-order valence-electron chi connectivity index (χ2n) is 2.68. The molecule has 0 spiro atoms. The Kier molecular flexibility index (Phi) is 3.62. The van der Waals surface area contributed by atoms with Crippen LogP contribution in [-0.4, -0.2) is 18.3 Å². The number of nitrogens with one attached hydrogen (secondary N) is 1. The number of rotatable bonds is 2. The molecule has 1 rings (SSSR count). The van der Waals surface area contributed by atoms with E-state index >= 15 is 0 Å². The Morgan fingerprint density at radius 1 is 1.40 bits per heavy atom. The molecule has 0 aliphatic heterocycles. The molecule has 82 valence electrons. The molecule has 0 radical (unpaired) electrons. The number of alkyl halides is 3. The molecule has 0 atom stereocenters. The van der Waals surface area contributed by atoms with E-state index in [9.17, 15) is 18.0 Å². The predicted octanol–water partition coefficient (Wildman–Crippen LogP) is 2.91. The highest BCUT2D eigenvalue weighted by atomic mass is 32.2. The van der Waals surface area contributed by atoms with Gasteiger partial charge in [0.05, 0.1) is 0 Å². The second kappa shape index (κ2) is 4.57. The Balaban J connectivity index is 2.77. The van der Waals surface area contributed by atoms with Crippen LogP contribution >= 0.6 is 11.8 Å². The highest BCUT2D eigenvalue weighted by molar-refractivity contribution is 7.98. The lowest BCUT2D eigenvalue weighted by molar-refractivity contribution is -0.167. The molecule has 6 heteroatoms. The average Bonchev–Trinajstić information content (AvgIpc) is 2.16. The van der Waals surface area contributed by atoms with E-state index in [1.165, 1.54) is 23.9 Å². The van der Waals surface area contributed by atoms with Gasteiger partial charge in [0.2, 0.25) is 0 Å². The first-order valence-electron chi connectivity index (χ1n) is 3.95. The number of thioether (sulfide) groups is 1. The molecule has 2 nitrogen and oxygen atoms in total. The Morgan fingerprint density at radius 2 is 2.07 bits per heavy atom. The SMILES string of the molecule is CSc1cccc(NC(=O)C(F)(F)F)c1. The first kappa shape index (κ1) is 11.9. The first-order chi connectivity index (χ1) is 6.93. The van der Waals surface area contributed by atoms with Gasteiger partial charge in [0.15, 0.2) is 0 Å². The van der Waals surface area contributed by atoms with Crippen LogP contribution in [0.2, 0.25) is 0 Å². The van der Waals surface area contributed by atoms with Crippen molar-refractivity contribution in [3.8, 4) is 0 Å². The second-order valence-corrected chi connectivity index (χ2v) is 3.56. The number of amides is 1. The molecule has 0 fully saturated rings. The Bertz CT molecular complexity index is 365. The zero-order valence-electron chi connectivity index (χ0n) is 7.76. The molecule has 0 heterocycles. The third-order valence-corrected chi connectivity index (χ3v) is 2.31. The molecule has 0 saturated heterocycles. The lowest BCUT2D eigenvalue weighted by atomic mass is 10.3. The smallest absolute Gasteiger partial charge is 0.318 e. The molecule has 0 saturated carbocycles. The van der Waals surface area contributed by atoms with Crippen molar-refractivity contribution < 1.29 is 18.0 Å². The number of carbonyl (C=O) groups excluding carboxylic acids is 1. The molecular formula is C9H8F3NOS. The molecule has 1 amide bonds. The summed E-state index contributed by atoms with van der Waals surface area (Å²) in [5, 5.41) is 1.78. The Labute approximate surface area is 88.9 Å². The van der Waals surface area contributed by atoms with Gasteiger partial charge in [-0.05, 0) is 24.5 Å². The van der Waals surface area contributed by atoms with Crippen LogP contribution in [0.15, 0.2) is 29.2 Å². The molecular weight excluding hydrogens is 227 g/mol. The van der Waals surface area contributed by atoms with E-state index in [4.69, 9.17) is 0 Å². The fraction of sp³-hybridized carbons (Fsp3) is 0.222. The third-order valence-electron chi connectivity index (χ3n) is 1.59. The van der Waals surface area contributed by atoms with Gasteiger partial charge < -0.3 is 5.32 Å². The number of benzene rings is 1. The maximum Gasteiger partial charge on any atom is 0.471 e. The summed E-state index contributed by atoms with van der Waals surface area (Å²) < 4.78 is 35.7. The molecule has 1 aromatic rings. The summed E-state index contributed by atoms with van der Waals surface area (Å²) in [7, 11) is 0. The lowest BCUT2D eigenvalue weighted by Crippen LogP contribution is -2.29. The van der Waals surface area contributed by atoms with E-state index in [0.29, 0.717) is 0 Å². The van der Waals surface area contributed by atoms with E-state index in [1.807, 2.05) is 0 Å². The number of carbonyl (C=O) groups is 1. The zero-order valence-corrected chi connectivity index (χ0v) is 8.58. The van der Waals surface area contributed by atoms with E-state index in [2.05, 4.69) is 0 Å². The van der Waals surface area contributed by atoms with Gasteiger partial charge in [-0.1, -0.05) is 6.07 Å². The minimum Gasteiger partial charge on any atom is -0.318 e. The molecule has 1 aromatic carbocycles. The Morgan fingerprint density at radius 3 is 2.60 bits per heavy atom. The maximum atomic E-state index is 11.9. The summed E-state index contributed by atoms with van der Waals surface area (Å²) in [5.74, 6) is -1.96. The van der Waals surface area contributed by atoms with Crippen molar-refractivity contribution in [3.05, 3.63) is 24.3 Å². The first-order valence-corrected chi connectivity index (χ1v) is 5.18. The quantitative estimate of drug-likeness (QED) is 0.798. The summed E-state index contributed by atoms with van der Waals surface area (Å²) in [6.45, 7) is 0. The van der Waals surface area contributed by atoms with Gasteiger partial charge in [0, 0.05) is 10.6 Å². The van der Waals surface area contributed by atoms with Crippen LogP contribution in [0, 0.1) is 0 Å². The van der Waals surface area contributed by atoms with Gasteiger partial charge in [0.1, 0.15) is 0 Å². The molecule has 0 aliphatic carbocycles. The van der Waals surface area contributed by atoms with Gasteiger partial charge >= 0.3 is 12.1 Å². The molecule has 15 heavy (non-hydrogen) atoms. The normalized spacial score (nSPS) is 11.2. The van der Waals surface area contributed by atoms with E-state index in [-0.39, 0.29) is 5.69 Å². The molecule has 1 N–H and O–H groups in total. The minimum absolute atomic E-state index is 0.143. The van der Waals surface area contributed by atoms with Crippen molar-refractivity contribution in [3.63, 3.8) is 0 Å². The monoisotopic (exact) mass is 235 g/mol. The van der Waals surface area contributed by atoms with Crippen molar-refractivity contribution in [2.24, 2.45) is 0 Å². The highest BCUT2D eigenvalue weighted by Gasteiger charge is 2.38. The minimum atomic E-state index is -4.85. The van der Waals surface area contributed by atoms with Crippen molar-refractivity contribution in [2.45, 2.75) is 11.1 Å². The van der Waals surface area contributed by atoms with Crippen LogP contribution in [0.4, 0.5) is 18.9 Å². The predicted molar refractivity (Wildman–Crippen MR) is 52.9 cm³/mol. The van der Waals surface area contributed by atoms with Gasteiger partial charge in [-0.2, -0.15) is 13.2 Å². The topological polar surface area (TPSA) is 29.1 Å². The average molecular weight is 235 g/mol. The van der Waals surface area contributed by atoms with Gasteiger partial charge in [0.25, 0.3) is 0 Å². The number of hydrogen-bond donors (Lipinski definition) is 1. The Hall–Kier alpha value is -1.17. The van der Waals surface area contributed by atoms with Gasteiger partial charge in [-0.25, -0.2) is 0 Å². The standard InChI is InChI=1S/C9H8F3NOS/c1-15-7-4-2-3-6(5-7)13-8(14)9(10,11)12/h2-5H,1H3,(H,13,14). The third kappa shape index (κ3) is 3.47. The van der Waals surface area contributed by atoms with Crippen LogP contribution < -0.4 is 5.32 Å². The van der Waals surface area contributed by atoms with Crippen LogP contribution in [0.5, 0.6) is 0 Å². The highest BCUT2D eigenvalue weighted by Crippen LogP contribution is 2.21. The van der Waals surface area contributed by atoms with Crippen molar-refractivity contribution in [1.29, 1.82) is 0 Å². The molecule has 0 aromatic heterocycles. The van der Waals surface area contributed by atoms with E-state index in [1.54, 1.807) is 23.7 Å². The van der Waals surface area contributed by atoms with Crippen molar-refractivity contribution in [2.75, 3.05) is 11.6 Å². The summed E-state index contributed by atoms with van der Waals surface area (Å²) in [5.41, 5.74) is 0.143. The summed E-state index contributed by atoms with van der Waals surface area (Å²) in [6.07, 6.45) is -3.06. The zero-order chi connectivity index (χ0) is 11.5. The maximum absolute atomic E-state index is 11.9. The summed E-state index contributed by atoms with van der Waals surface area (Å²) in [6, 6.07) is 6.21. The van der Waals surface area contributed by atoms with Crippen LogP contribution in [-0.2, 0) is 4.79 Å². The van der Waals surface area contributed by atoms with Crippen LogP contribution in [0.3, 0.4) is 0 Å². The van der Waals surface area contributed by atoms with Crippen LogP contribution in [0.1, 0.15) is 0 Å². The number of halogens is 3. The van der Waals surface area contributed by atoms with Crippen LogP contribution in [0.25, 0.3) is 0 Å². The fourth-order valence-corrected chi connectivity index (χ4v) is 1.36. The molecule has 0 aliphatic rings. The van der Waals surface area contributed by atoms with Gasteiger partial charge in [-0.15, -0.1) is 11.8 Å². The van der Waals surface area contributed by atoms with Crippen molar-refractivity contribution >= 4 is 23.4 Å². The summed E-state index contributed by atoms with van der Waals surface area (Å²) >= 11 is 1.38. The van der Waals surface area contributed by atoms with E-state index in [0.717, 1.165) is 4.90 Å². The van der Waals surface area contributed by atoms with Crippen molar-refractivity contribution in [1.82, 2.24) is 0 Å². The largest absolute Gasteiger partial charge is 0.471 e. The number of anilines is 1. The van der Waals surface area contributed by atoms with E-state index < -0.39 is 12.1 Å². The number of hydrogen-bond acceptors (Lipinski definition) is 2. The van der Waals surface area contributed by atoms with Gasteiger partial charge in [-0.3, -0.25) is 4.79 Å². The fourth-order valence-electron chi connectivity index (χ4n) is 0.903. The molecule has 0 bridgehead atoms. The summed E-state index contributed by atoms with van der Waals surface area (Å²) in [4.78, 5) is 11.4. The molecule has 0 unspecified atom stereocenters. The lowest BCUT2D eigenvalue weighted by Gasteiger charge is -2.08.